The number of anilines is 1. The van der Waals surface area contributed by atoms with Crippen molar-refractivity contribution >= 4 is 17.6 Å². The van der Waals surface area contributed by atoms with E-state index in [1.165, 1.54) is 32.1 Å². The number of methoxy groups -OCH3 is 2. The van der Waals surface area contributed by atoms with E-state index in [1.807, 2.05) is 0 Å². The number of benzene rings is 1. The quantitative estimate of drug-likeness (QED) is 0.727. The molecule has 0 bridgehead atoms. The molecule has 1 aromatic rings. The van der Waals surface area contributed by atoms with Crippen LogP contribution in [0.25, 0.3) is 0 Å². The molecule has 1 N–H and O–H groups in total. The molecule has 2 rings (SSSR count). The summed E-state index contributed by atoms with van der Waals surface area (Å²) >= 11 is 0. The molecule has 1 aliphatic carbocycles. The molecule has 1 aromatic carbocycles. The van der Waals surface area contributed by atoms with Crippen molar-refractivity contribution in [2.24, 2.45) is 11.8 Å². The van der Waals surface area contributed by atoms with E-state index in [0.717, 1.165) is 31.7 Å². The Bertz CT molecular complexity index is 694. The average molecular weight is 395 g/mol. The summed E-state index contributed by atoms with van der Waals surface area (Å²) in [6, 6.07) is 1.86. The number of amides is 1. The summed E-state index contributed by atoms with van der Waals surface area (Å²) in [4.78, 5) is 26.7. The zero-order chi connectivity index (χ0) is 20.8. The van der Waals surface area contributed by atoms with E-state index >= 15 is 0 Å². The largest absolute Gasteiger partial charge is 0.478 e. The monoisotopic (exact) mass is 395 g/mol. The van der Waals surface area contributed by atoms with Crippen molar-refractivity contribution < 1.29 is 28.6 Å². The van der Waals surface area contributed by atoms with Gasteiger partial charge in [-0.25, -0.2) is 9.18 Å². The lowest BCUT2D eigenvalue weighted by Crippen LogP contribution is -2.49. The lowest BCUT2D eigenvalue weighted by Gasteiger charge is -2.36. The van der Waals surface area contributed by atoms with Crippen molar-refractivity contribution in [3.63, 3.8) is 0 Å². The molecule has 1 saturated carbocycles. The minimum Gasteiger partial charge on any atom is -0.478 e. The zero-order valence-electron chi connectivity index (χ0n) is 17.0. The molecule has 28 heavy (non-hydrogen) atoms. The molecule has 1 aliphatic rings. The Morgan fingerprint density at radius 3 is 2.25 bits per heavy atom. The van der Waals surface area contributed by atoms with Gasteiger partial charge in [-0.15, -0.1) is 0 Å². The molecular formula is C21H30FNO5. The normalized spacial score (nSPS) is 19.6. The van der Waals surface area contributed by atoms with Crippen LogP contribution in [0.5, 0.6) is 0 Å². The Labute approximate surface area is 165 Å². The molecule has 1 fully saturated rings. The van der Waals surface area contributed by atoms with Gasteiger partial charge in [-0.2, -0.15) is 0 Å². The highest BCUT2D eigenvalue weighted by Crippen LogP contribution is 2.34. The standard InChI is InChI=1S/C21H30FNO5/c1-13-5-7-15(8-6-13)20(24)23(16(11-27-3)12-28-4)19-10-18(22)14(2)9-17(19)21(25)26/h9-10,13,15-16H,5-8,11-12H2,1-4H3,(H,25,26)/t13-,15-. The van der Waals surface area contributed by atoms with Gasteiger partial charge in [0, 0.05) is 20.1 Å². The molecule has 0 saturated heterocycles. The molecule has 0 aliphatic heterocycles. The molecule has 7 heteroatoms. The number of carboxylic acid groups (broad SMARTS) is 1. The molecule has 0 unspecified atom stereocenters. The van der Waals surface area contributed by atoms with Crippen molar-refractivity contribution in [1.82, 2.24) is 0 Å². The molecule has 0 spiro atoms. The first-order valence-corrected chi connectivity index (χ1v) is 9.64. The second-order valence-corrected chi connectivity index (χ2v) is 7.65. The van der Waals surface area contributed by atoms with Gasteiger partial charge >= 0.3 is 5.97 Å². The van der Waals surface area contributed by atoms with E-state index in [0.29, 0.717) is 5.92 Å². The number of carbonyl (C=O) groups is 2. The number of carboxylic acids is 1. The maximum absolute atomic E-state index is 14.4. The van der Waals surface area contributed by atoms with E-state index in [-0.39, 0.29) is 41.9 Å². The summed E-state index contributed by atoms with van der Waals surface area (Å²) < 4.78 is 24.9. The number of halogens is 1. The minimum atomic E-state index is -1.21. The van der Waals surface area contributed by atoms with Crippen molar-refractivity contribution in [2.75, 3.05) is 32.3 Å². The molecule has 0 radical (unpaired) electrons. The van der Waals surface area contributed by atoms with Crippen LogP contribution in [0, 0.1) is 24.6 Å². The highest BCUT2D eigenvalue weighted by molar-refractivity contribution is 6.03. The number of carbonyl (C=O) groups excluding carboxylic acids is 1. The summed E-state index contributed by atoms with van der Waals surface area (Å²) in [5, 5.41) is 9.68. The number of aryl methyl sites for hydroxylation is 1. The lowest BCUT2D eigenvalue weighted by molar-refractivity contribution is -0.124. The van der Waals surface area contributed by atoms with Crippen molar-refractivity contribution in [3.8, 4) is 0 Å². The van der Waals surface area contributed by atoms with E-state index in [4.69, 9.17) is 9.47 Å². The second-order valence-electron chi connectivity index (χ2n) is 7.65. The fourth-order valence-corrected chi connectivity index (χ4v) is 3.82. The van der Waals surface area contributed by atoms with Crippen LogP contribution in [0.4, 0.5) is 10.1 Å². The molecule has 156 valence electrons. The van der Waals surface area contributed by atoms with Crippen LogP contribution in [-0.4, -0.2) is 50.5 Å². The van der Waals surface area contributed by atoms with Gasteiger partial charge in [-0.3, -0.25) is 4.79 Å². The van der Waals surface area contributed by atoms with Gasteiger partial charge in [0.15, 0.2) is 0 Å². The number of rotatable bonds is 8. The van der Waals surface area contributed by atoms with Gasteiger partial charge in [0.05, 0.1) is 30.5 Å². The highest BCUT2D eigenvalue weighted by Gasteiger charge is 2.35. The van der Waals surface area contributed by atoms with Crippen molar-refractivity contribution in [1.29, 1.82) is 0 Å². The summed E-state index contributed by atoms with van der Waals surface area (Å²) in [7, 11) is 3.00. The van der Waals surface area contributed by atoms with Crippen LogP contribution in [0.2, 0.25) is 0 Å². The highest BCUT2D eigenvalue weighted by atomic mass is 19.1. The third-order valence-electron chi connectivity index (χ3n) is 5.45. The predicted octanol–water partition coefficient (Wildman–Crippen LogP) is 3.65. The summed E-state index contributed by atoms with van der Waals surface area (Å²) in [6.07, 6.45) is 3.36. The van der Waals surface area contributed by atoms with E-state index in [1.54, 1.807) is 0 Å². The number of nitrogens with zero attached hydrogens (tertiary/aromatic N) is 1. The van der Waals surface area contributed by atoms with E-state index in [9.17, 15) is 19.1 Å². The first kappa shape index (κ1) is 22.3. The Morgan fingerprint density at radius 2 is 1.75 bits per heavy atom. The van der Waals surface area contributed by atoms with Gasteiger partial charge in [-0.1, -0.05) is 6.92 Å². The Morgan fingerprint density at radius 1 is 1.18 bits per heavy atom. The van der Waals surface area contributed by atoms with Crippen molar-refractivity contribution in [3.05, 3.63) is 29.1 Å². The van der Waals surface area contributed by atoms with Crippen LogP contribution in [-0.2, 0) is 14.3 Å². The average Bonchev–Trinajstić information content (AvgIpc) is 2.65. The minimum absolute atomic E-state index is 0.0540. The molecule has 0 heterocycles. The summed E-state index contributed by atoms with van der Waals surface area (Å²) in [6.45, 7) is 3.96. The number of hydrogen-bond donors (Lipinski definition) is 1. The van der Waals surface area contributed by atoms with Gasteiger partial charge in [0.25, 0.3) is 0 Å². The van der Waals surface area contributed by atoms with Crippen LogP contribution >= 0.6 is 0 Å². The maximum atomic E-state index is 14.4. The smallest absolute Gasteiger partial charge is 0.337 e. The molecule has 0 aromatic heterocycles. The molecule has 6 nitrogen and oxygen atoms in total. The number of aromatic carboxylic acids is 1. The van der Waals surface area contributed by atoms with E-state index in [2.05, 4.69) is 6.92 Å². The summed E-state index contributed by atoms with van der Waals surface area (Å²) in [5.74, 6) is -1.61. The molecule has 1 amide bonds. The SMILES string of the molecule is COCC(COC)N(c1cc(F)c(C)cc1C(=O)O)C(=O)[C@H]1CC[C@H](C)CC1. The van der Waals surface area contributed by atoms with E-state index < -0.39 is 17.8 Å². The Kier molecular flexibility index (Phi) is 7.95. The third kappa shape index (κ3) is 5.08. The van der Waals surface area contributed by atoms with Gasteiger partial charge in [0.1, 0.15) is 5.82 Å². The van der Waals surface area contributed by atoms with Gasteiger partial charge in [-0.05, 0) is 56.2 Å². The first-order chi connectivity index (χ1) is 13.3. The predicted molar refractivity (Wildman–Crippen MR) is 104 cm³/mol. The van der Waals surface area contributed by atoms with Crippen LogP contribution in [0.15, 0.2) is 12.1 Å². The Hall–Kier alpha value is -1.99. The fraction of sp³-hybridized carbons (Fsp3) is 0.619. The molecular weight excluding hydrogens is 365 g/mol. The third-order valence-corrected chi connectivity index (χ3v) is 5.45. The second kappa shape index (κ2) is 9.98. The van der Waals surface area contributed by atoms with Gasteiger partial charge < -0.3 is 19.5 Å². The fourth-order valence-electron chi connectivity index (χ4n) is 3.82. The van der Waals surface area contributed by atoms with Crippen LogP contribution in [0.1, 0.15) is 48.5 Å². The number of hydrogen-bond acceptors (Lipinski definition) is 4. The number of ether oxygens (including phenoxy) is 2. The summed E-state index contributed by atoms with van der Waals surface area (Å²) in [5.41, 5.74) is 0.169. The Balaban J connectivity index is 2.53. The van der Waals surface area contributed by atoms with Crippen LogP contribution in [0.3, 0.4) is 0 Å². The van der Waals surface area contributed by atoms with Gasteiger partial charge in [0.2, 0.25) is 5.91 Å². The first-order valence-electron chi connectivity index (χ1n) is 9.64. The molecule has 0 atom stereocenters. The van der Waals surface area contributed by atoms with Crippen molar-refractivity contribution in [2.45, 2.75) is 45.6 Å². The maximum Gasteiger partial charge on any atom is 0.337 e. The topological polar surface area (TPSA) is 76.1 Å². The lowest BCUT2D eigenvalue weighted by atomic mass is 9.82. The zero-order valence-corrected chi connectivity index (χ0v) is 17.0. The van der Waals surface area contributed by atoms with Crippen LogP contribution < -0.4 is 4.90 Å².